The van der Waals surface area contributed by atoms with E-state index in [1.165, 1.54) is 26.4 Å². The first-order valence-corrected chi connectivity index (χ1v) is 16.2. The number of fused-ring (bicyclic) bond motifs is 17. The van der Waals surface area contributed by atoms with Crippen LogP contribution in [0.5, 0.6) is 5.75 Å². The number of carbonyl (C=O) groups excluding carboxylic acids is 5. The molecule has 3 heterocycles. The number of hydrogen-bond donors (Lipinski definition) is 6. The fraction of sp³-hybridized carbons (Fsp3) is 0.429. The molecule has 0 saturated heterocycles. The first-order chi connectivity index (χ1) is 23.3. The maximum absolute atomic E-state index is 13.6. The zero-order chi connectivity index (χ0) is 35.7. The van der Waals surface area contributed by atoms with E-state index in [4.69, 9.17) is 4.74 Å². The predicted octanol–water partition coefficient (Wildman–Crippen LogP) is 0.392. The van der Waals surface area contributed by atoms with E-state index >= 15 is 0 Å². The molecule has 5 amide bonds. The van der Waals surface area contributed by atoms with Crippen LogP contribution in [0.3, 0.4) is 0 Å². The molecule has 2 aliphatic rings. The summed E-state index contributed by atoms with van der Waals surface area (Å²) in [6, 6.07) is 11.4. The van der Waals surface area contributed by atoms with E-state index in [0.717, 1.165) is 5.56 Å². The number of aliphatic hydroxyl groups is 1. The van der Waals surface area contributed by atoms with Gasteiger partial charge in [0.25, 0.3) is 5.91 Å². The molecule has 14 heteroatoms. The van der Waals surface area contributed by atoms with E-state index in [1.54, 1.807) is 49.7 Å². The van der Waals surface area contributed by atoms with Crippen LogP contribution in [0.25, 0.3) is 0 Å². The quantitative estimate of drug-likeness (QED) is 0.202. The van der Waals surface area contributed by atoms with Gasteiger partial charge in [-0.15, -0.1) is 0 Å². The predicted molar refractivity (Wildman–Crippen MR) is 180 cm³/mol. The van der Waals surface area contributed by atoms with Crippen molar-refractivity contribution in [2.24, 2.45) is 13.0 Å². The summed E-state index contributed by atoms with van der Waals surface area (Å²) in [5.74, 6) is -3.05. The van der Waals surface area contributed by atoms with Crippen molar-refractivity contribution in [3.05, 3.63) is 83.9 Å². The van der Waals surface area contributed by atoms with Gasteiger partial charge in [-0.2, -0.15) is 0 Å². The second-order valence-corrected chi connectivity index (χ2v) is 12.7. The molecular formula is C35H45N7O7. The monoisotopic (exact) mass is 675 g/mol. The lowest BCUT2D eigenvalue weighted by atomic mass is 10.0. The van der Waals surface area contributed by atoms with Crippen molar-refractivity contribution in [1.82, 2.24) is 36.1 Å². The molecule has 262 valence electrons. The first-order valence-electron chi connectivity index (χ1n) is 16.2. The first kappa shape index (κ1) is 36.6. The second-order valence-electron chi connectivity index (χ2n) is 12.7. The molecule has 6 N–H and O–H groups in total. The van der Waals surface area contributed by atoms with Gasteiger partial charge in [-0.3, -0.25) is 24.0 Å². The maximum Gasteiger partial charge on any atom is 0.272 e. The molecule has 6 atom stereocenters. The minimum atomic E-state index is -1.44. The van der Waals surface area contributed by atoms with E-state index in [1.807, 2.05) is 30.3 Å². The summed E-state index contributed by atoms with van der Waals surface area (Å²) in [6.07, 6.45) is 2.15. The average Bonchev–Trinajstić information content (AvgIpc) is 3.51. The topological polar surface area (TPSA) is 193 Å². The average molecular weight is 676 g/mol. The minimum absolute atomic E-state index is 0.0704. The molecule has 0 radical (unpaired) electrons. The molecule has 1 aromatic heterocycles. The Morgan fingerprint density at radius 3 is 2.18 bits per heavy atom. The minimum Gasteiger partial charge on any atom is -0.491 e. The lowest BCUT2D eigenvalue weighted by Gasteiger charge is -2.29. The van der Waals surface area contributed by atoms with Crippen molar-refractivity contribution in [1.29, 1.82) is 0 Å². The van der Waals surface area contributed by atoms with Gasteiger partial charge < -0.3 is 41.0 Å². The second kappa shape index (κ2) is 16.7. The Labute approximate surface area is 285 Å². The third-order valence-corrected chi connectivity index (χ3v) is 8.11. The van der Waals surface area contributed by atoms with Gasteiger partial charge >= 0.3 is 0 Å². The van der Waals surface area contributed by atoms with Gasteiger partial charge in [0.2, 0.25) is 23.6 Å². The van der Waals surface area contributed by atoms with E-state index in [9.17, 15) is 29.1 Å². The number of ether oxygens (including phenoxy) is 1. The number of nitrogens with one attached hydrogen (secondary N) is 5. The van der Waals surface area contributed by atoms with Crippen LogP contribution < -0.4 is 31.3 Å². The van der Waals surface area contributed by atoms with Crippen molar-refractivity contribution in [2.75, 3.05) is 6.61 Å². The zero-order valence-corrected chi connectivity index (χ0v) is 28.3. The Morgan fingerprint density at radius 1 is 0.918 bits per heavy atom. The summed E-state index contributed by atoms with van der Waals surface area (Å²) in [4.78, 5) is 70.9. The lowest BCUT2D eigenvalue weighted by Crippen LogP contribution is -2.61. The third-order valence-electron chi connectivity index (χ3n) is 8.11. The Hall–Kier alpha value is -5.24. The molecule has 5 rings (SSSR count). The highest BCUT2D eigenvalue weighted by atomic mass is 16.5. The molecule has 49 heavy (non-hydrogen) atoms. The highest BCUT2D eigenvalue weighted by molar-refractivity contribution is 5.98. The Morgan fingerprint density at radius 2 is 1.57 bits per heavy atom. The van der Waals surface area contributed by atoms with E-state index in [0.29, 0.717) is 17.7 Å². The van der Waals surface area contributed by atoms with Crippen molar-refractivity contribution < 1.29 is 33.8 Å². The smallest absolute Gasteiger partial charge is 0.272 e. The molecule has 14 nitrogen and oxygen atoms in total. The SMILES string of the molecule is CC(C)[C@H]1NC(=O)[C@H]([C@@H](C)O)NC(=O)[C@@H](C)NC(=O)[C@@H](NC(=O)c2cn(C)cn2)Cc2ccc(cc2)OC[C@H](Cc2ccccc2)NC1=O. The van der Waals surface area contributed by atoms with Crippen LogP contribution in [0.4, 0.5) is 0 Å². The van der Waals surface area contributed by atoms with E-state index in [2.05, 4.69) is 31.6 Å². The molecule has 3 aromatic rings. The van der Waals surface area contributed by atoms with Crippen molar-refractivity contribution >= 4 is 29.5 Å². The van der Waals surface area contributed by atoms with Gasteiger partial charge in [-0.1, -0.05) is 56.3 Å². The highest BCUT2D eigenvalue weighted by Crippen LogP contribution is 2.16. The van der Waals surface area contributed by atoms with Crippen LogP contribution in [0.15, 0.2) is 67.1 Å². The summed E-state index contributed by atoms with van der Waals surface area (Å²) in [7, 11) is 1.71. The number of amides is 5. The Bertz CT molecular complexity index is 1610. The zero-order valence-electron chi connectivity index (χ0n) is 28.3. The molecule has 0 saturated carbocycles. The molecule has 0 aliphatic carbocycles. The number of imidazole rings is 1. The fourth-order valence-corrected chi connectivity index (χ4v) is 5.31. The molecule has 0 unspecified atom stereocenters. The third kappa shape index (κ3) is 10.4. The van der Waals surface area contributed by atoms with Gasteiger partial charge in [0.1, 0.15) is 42.2 Å². The normalized spacial score (nSPS) is 23.4. The van der Waals surface area contributed by atoms with Gasteiger partial charge in [0.15, 0.2) is 0 Å². The molecular weight excluding hydrogens is 630 g/mol. The summed E-state index contributed by atoms with van der Waals surface area (Å²) >= 11 is 0. The summed E-state index contributed by atoms with van der Waals surface area (Å²) in [6.45, 7) is 6.39. The Kier molecular flexibility index (Phi) is 12.5. The number of rotatable bonds is 6. The van der Waals surface area contributed by atoms with Crippen LogP contribution >= 0.6 is 0 Å². The van der Waals surface area contributed by atoms with Crippen LogP contribution in [0, 0.1) is 5.92 Å². The number of carbonyl (C=O) groups is 5. The fourth-order valence-electron chi connectivity index (χ4n) is 5.31. The summed E-state index contributed by atoms with van der Waals surface area (Å²) in [5, 5.41) is 24.0. The Balaban J connectivity index is 1.65. The van der Waals surface area contributed by atoms with Gasteiger partial charge in [-0.25, -0.2) is 4.98 Å². The van der Waals surface area contributed by atoms with Crippen molar-refractivity contribution in [2.45, 2.75) is 76.8 Å². The van der Waals surface area contributed by atoms with Crippen LogP contribution in [-0.2, 0) is 39.1 Å². The molecule has 0 fully saturated rings. The maximum atomic E-state index is 13.6. The van der Waals surface area contributed by atoms with Gasteiger partial charge in [0.05, 0.1) is 18.5 Å². The number of aromatic nitrogens is 2. The van der Waals surface area contributed by atoms with Crippen molar-refractivity contribution in [3.8, 4) is 5.75 Å². The van der Waals surface area contributed by atoms with Crippen LogP contribution in [0.1, 0.15) is 49.3 Å². The number of aliphatic hydroxyl groups excluding tert-OH is 1. The number of nitrogens with zero attached hydrogens (tertiary/aromatic N) is 2. The van der Waals surface area contributed by atoms with Gasteiger partial charge in [0, 0.05) is 19.7 Å². The van der Waals surface area contributed by atoms with Crippen LogP contribution in [-0.4, -0.2) is 87.1 Å². The molecule has 0 spiro atoms. The number of benzene rings is 2. The summed E-state index contributed by atoms with van der Waals surface area (Å²) in [5.41, 5.74) is 1.77. The van der Waals surface area contributed by atoms with Crippen LogP contribution in [0.2, 0.25) is 0 Å². The lowest BCUT2D eigenvalue weighted by molar-refractivity contribution is -0.136. The standard InChI is InChI=1S/C35H45N7O7/c1-20(2)29-34(47)38-25(15-23-9-7-6-8-10-23)18-49-26-13-11-24(12-14-26)16-27(39-33(46)28-17-42(5)19-36-28)32(45)37-21(3)31(44)41-30(22(4)43)35(48)40-29/h6-14,17,19-22,25,27,29-30,43H,15-16,18H2,1-5H3,(H,37,45)(H,38,47)(H,39,46)(H,40,48)(H,41,44)/t21-,22-,25+,27+,29-,30+/m1/s1. The van der Waals surface area contributed by atoms with E-state index < -0.39 is 65.8 Å². The molecule has 2 aromatic carbocycles. The van der Waals surface area contributed by atoms with Gasteiger partial charge in [-0.05, 0) is 49.4 Å². The number of aryl methyl sites for hydroxylation is 1. The van der Waals surface area contributed by atoms with Crippen molar-refractivity contribution in [3.63, 3.8) is 0 Å². The number of hydrogen-bond acceptors (Lipinski definition) is 8. The molecule has 2 bridgehead atoms. The highest BCUT2D eigenvalue weighted by Gasteiger charge is 2.34. The van der Waals surface area contributed by atoms with E-state index in [-0.39, 0.29) is 24.6 Å². The molecule has 2 aliphatic heterocycles. The largest absolute Gasteiger partial charge is 0.491 e. The summed E-state index contributed by atoms with van der Waals surface area (Å²) < 4.78 is 7.70.